The van der Waals surface area contributed by atoms with Crippen LogP contribution in [-0.4, -0.2) is 42.4 Å². The number of halogens is 1. The highest BCUT2D eigenvalue weighted by Crippen LogP contribution is 2.28. The summed E-state index contributed by atoms with van der Waals surface area (Å²) in [6, 6.07) is 0.154. The van der Waals surface area contributed by atoms with Gasteiger partial charge in [0.1, 0.15) is 0 Å². The van der Waals surface area contributed by atoms with Gasteiger partial charge in [-0.2, -0.15) is 0 Å². The van der Waals surface area contributed by atoms with Gasteiger partial charge in [0.25, 0.3) is 0 Å². The summed E-state index contributed by atoms with van der Waals surface area (Å²) in [6.07, 6.45) is 9.82. The molecule has 0 aromatic carbocycles. The van der Waals surface area contributed by atoms with Crippen molar-refractivity contribution in [2.24, 2.45) is 11.7 Å². The topological polar surface area (TPSA) is 75.4 Å². The largest absolute Gasteiger partial charge is 0.347 e. The first-order chi connectivity index (χ1) is 10.2. The van der Waals surface area contributed by atoms with Crippen molar-refractivity contribution in [3.8, 4) is 0 Å². The summed E-state index contributed by atoms with van der Waals surface area (Å²) >= 11 is 0. The Balaban J connectivity index is 0.00000242. The van der Waals surface area contributed by atoms with Crippen LogP contribution in [0, 0.1) is 5.92 Å². The van der Waals surface area contributed by atoms with Crippen LogP contribution in [0.3, 0.4) is 0 Å². The molecular formula is C16H30ClN3O2. The first-order valence-electron chi connectivity index (χ1n) is 8.47. The third-order valence-corrected chi connectivity index (χ3v) is 4.91. The van der Waals surface area contributed by atoms with Crippen molar-refractivity contribution in [3.63, 3.8) is 0 Å². The van der Waals surface area contributed by atoms with Crippen LogP contribution in [0.5, 0.6) is 0 Å². The highest BCUT2D eigenvalue weighted by Gasteiger charge is 2.25. The Bertz CT molecular complexity index is 359. The molecule has 0 spiro atoms. The first kappa shape index (κ1) is 19.2. The Kier molecular flexibility index (Phi) is 8.79. The van der Waals surface area contributed by atoms with Crippen molar-refractivity contribution in [3.05, 3.63) is 0 Å². The highest BCUT2D eigenvalue weighted by atomic mass is 35.5. The van der Waals surface area contributed by atoms with Gasteiger partial charge < -0.3 is 16.0 Å². The van der Waals surface area contributed by atoms with Crippen LogP contribution in [-0.2, 0) is 9.59 Å². The number of likely N-dealkylation sites (tertiary alicyclic amines) is 1. The molecule has 0 aromatic rings. The van der Waals surface area contributed by atoms with Crippen LogP contribution in [0.1, 0.15) is 57.8 Å². The van der Waals surface area contributed by atoms with Crippen LogP contribution < -0.4 is 11.1 Å². The number of nitrogens with one attached hydrogen (secondary N) is 1. The Hall–Kier alpha value is -0.810. The SMILES string of the molecule is Cl.NCC1CCCCN1C(=O)CNC(=O)CCC1CCCC1. The average Bonchev–Trinajstić information content (AvgIpc) is 3.04. The van der Waals surface area contributed by atoms with E-state index in [0.717, 1.165) is 38.1 Å². The molecule has 1 saturated carbocycles. The number of rotatable bonds is 6. The molecule has 1 saturated heterocycles. The summed E-state index contributed by atoms with van der Waals surface area (Å²) in [5.74, 6) is 0.742. The lowest BCUT2D eigenvalue weighted by atomic mass is 10.0. The summed E-state index contributed by atoms with van der Waals surface area (Å²) < 4.78 is 0. The first-order valence-corrected chi connectivity index (χ1v) is 8.47. The van der Waals surface area contributed by atoms with E-state index in [1.165, 1.54) is 25.7 Å². The van der Waals surface area contributed by atoms with E-state index in [2.05, 4.69) is 5.32 Å². The van der Waals surface area contributed by atoms with E-state index < -0.39 is 0 Å². The number of amides is 2. The Labute approximate surface area is 139 Å². The molecule has 128 valence electrons. The maximum Gasteiger partial charge on any atom is 0.242 e. The molecule has 5 nitrogen and oxygen atoms in total. The standard InChI is InChI=1S/C16H29N3O2.ClH/c17-11-14-7-3-4-10-19(14)16(21)12-18-15(20)9-8-13-5-1-2-6-13;/h13-14H,1-12,17H2,(H,18,20);1H. The Morgan fingerprint density at radius 3 is 2.45 bits per heavy atom. The van der Waals surface area contributed by atoms with E-state index in [-0.39, 0.29) is 36.8 Å². The van der Waals surface area contributed by atoms with Gasteiger partial charge in [0.15, 0.2) is 0 Å². The number of hydrogen-bond acceptors (Lipinski definition) is 3. The summed E-state index contributed by atoms with van der Waals surface area (Å²) in [5.41, 5.74) is 5.72. The van der Waals surface area contributed by atoms with Crippen molar-refractivity contribution in [2.45, 2.75) is 63.8 Å². The van der Waals surface area contributed by atoms with Gasteiger partial charge >= 0.3 is 0 Å². The molecule has 2 rings (SSSR count). The molecule has 1 atom stereocenters. The minimum atomic E-state index is 0. The molecule has 3 N–H and O–H groups in total. The summed E-state index contributed by atoms with van der Waals surface area (Å²) in [7, 11) is 0. The van der Waals surface area contributed by atoms with E-state index in [1.54, 1.807) is 0 Å². The lowest BCUT2D eigenvalue weighted by Crippen LogP contribution is -2.50. The molecule has 6 heteroatoms. The third kappa shape index (κ3) is 5.76. The summed E-state index contributed by atoms with van der Waals surface area (Å²) in [5, 5.41) is 2.78. The third-order valence-electron chi connectivity index (χ3n) is 4.91. The predicted octanol–water partition coefficient (Wildman–Crippen LogP) is 1.83. The van der Waals surface area contributed by atoms with Crippen LogP contribution in [0.25, 0.3) is 0 Å². The second-order valence-electron chi connectivity index (χ2n) is 6.44. The fraction of sp³-hybridized carbons (Fsp3) is 0.875. The van der Waals surface area contributed by atoms with Gasteiger partial charge in [-0.25, -0.2) is 0 Å². The quantitative estimate of drug-likeness (QED) is 0.779. The predicted molar refractivity (Wildman–Crippen MR) is 89.9 cm³/mol. The lowest BCUT2D eigenvalue weighted by Gasteiger charge is -2.35. The van der Waals surface area contributed by atoms with E-state index in [1.807, 2.05) is 4.90 Å². The van der Waals surface area contributed by atoms with Crippen molar-refractivity contribution in [1.82, 2.24) is 10.2 Å². The molecule has 1 aliphatic heterocycles. The molecule has 1 heterocycles. The van der Waals surface area contributed by atoms with Crippen molar-refractivity contribution in [1.29, 1.82) is 0 Å². The van der Waals surface area contributed by atoms with Crippen molar-refractivity contribution < 1.29 is 9.59 Å². The molecule has 0 radical (unpaired) electrons. The van der Waals surface area contributed by atoms with E-state index >= 15 is 0 Å². The van der Waals surface area contributed by atoms with Crippen molar-refractivity contribution >= 4 is 24.2 Å². The fourth-order valence-corrected chi connectivity index (χ4v) is 3.57. The minimum absolute atomic E-state index is 0. The zero-order valence-corrected chi connectivity index (χ0v) is 14.2. The summed E-state index contributed by atoms with van der Waals surface area (Å²) in [6.45, 7) is 1.42. The van der Waals surface area contributed by atoms with Crippen LogP contribution in [0.15, 0.2) is 0 Å². The second-order valence-corrected chi connectivity index (χ2v) is 6.44. The number of carbonyl (C=O) groups is 2. The molecule has 1 unspecified atom stereocenters. The molecular weight excluding hydrogens is 302 g/mol. The summed E-state index contributed by atoms with van der Waals surface area (Å²) in [4.78, 5) is 25.9. The van der Waals surface area contributed by atoms with Gasteiger partial charge in [-0.05, 0) is 31.6 Å². The molecule has 0 bridgehead atoms. The molecule has 1 aliphatic carbocycles. The van der Waals surface area contributed by atoms with Gasteiger partial charge in [0.2, 0.25) is 11.8 Å². The lowest BCUT2D eigenvalue weighted by molar-refractivity contribution is -0.135. The smallest absolute Gasteiger partial charge is 0.242 e. The number of hydrogen-bond donors (Lipinski definition) is 2. The zero-order valence-electron chi connectivity index (χ0n) is 13.4. The van der Waals surface area contributed by atoms with Crippen LogP contribution in [0.4, 0.5) is 0 Å². The maximum absolute atomic E-state index is 12.2. The molecule has 0 aromatic heterocycles. The molecule has 2 aliphatic rings. The highest BCUT2D eigenvalue weighted by molar-refractivity contribution is 5.85. The Morgan fingerprint density at radius 1 is 1.09 bits per heavy atom. The van der Waals surface area contributed by atoms with Gasteiger partial charge in [-0.3, -0.25) is 9.59 Å². The van der Waals surface area contributed by atoms with Gasteiger partial charge in [-0.15, -0.1) is 12.4 Å². The van der Waals surface area contributed by atoms with Gasteiger partial charge in [-0.1, -0.05) is 25.7 Å². The maximum atomic E-state index is 12.2. The zero-order chi connectivity index (χ0) is 15.1. The van der Waals surface area contributed by atoms with Gasteiger partial charge in [0.05, 0.1) is 6.54 Å². The minimum Gasteiger partial charge on any atom is -0.347 e. The number of nitrogens with two attached hydrogens (primary N) is 1. The van der Waals surface area contributed by atoms with E-state index in [9.17, 15) is 9.59 Å². The van der Waals surface area contributed by atoms with Crippen LogP contribution in [0.2, 0.25) is 0 Å². The molecule has 2 fully saturated rings. The van der Waals surface area contributed by atoms with Gasteiger partial charge in [0, 0.05) is 25.6 Å². The number of carbonyl (C=O) groups excluding carboxylic acids is 2. The average molecular weight is 332 g/mol. The fourth-order valence-electron chi connectivity index (χ4n) is 3.57. The van der Waals surface area contributed by atoms with E-state index in [0.29, 0.717) is 13.0 Å². The second kappa shape index (κ2) is 10.1. The molecule has 2 amide bonds. The Morgan fingerprint density at radius 2 is 1.77 bits per heavy atom. The van der Waals surface area contributed by atoms with E-state index in [4.69, 9.17) is 5.73 Å². The number of piperidine rings is 1. The number of nitrogens with zero attached hydrogens (tertiary/aromatic N) is 1. The normalized spacial score (nSPS) is 22.2. The van der Waals surface area contributed by atoms with Crippen LogP contribution >= 0.6 is 12.4 Å². The molecule has 22 heavy (non-hydrogen) atoms. The monoisotopic (exact) mass is 331 g/mol. The van der Waals surface area contributed by atoms with Crippen molar-refractivity contribution in [2.75, 3.05) is 19.6 Å².